The highest BCUT2D eigenvalue weighted by atomic mass is 32.1. The van der Waals surface area contributed by atoms with Crippen molar-refractivity contribution in [2.75, 3.05) is 5.75 Å². The molecule has 0 radical (unpaired) electrons. The first-order valence-corrected chi connectivity index (χ1v) is 8.41. The number of carbonyl (C=O) groups is 2. The predicted molar refractivity (Wildman–Crippen MR) is 96.8 cm³/mol. The minimum Gasteiger partial charge on any atom is -0.481 e. The number of hydrogen-bond acceptors (Lipinski definition) is 3. The quantitative estimate of drug-likeness (QED) is 0.633. The largest absolute Gasteiger partial charge is 0.481 e. The molecular weight excluding hydrogens is 324 g/mol. The Hall–Kier alpha value is -2.27. The fourth-order valence-corrected chi connectivity index (χ4v) is 2.86. The smallest absolute Gasteiger partial charge is 0.336 e. The molecule has 0 heterocycles. The van der Waals surface area contributed by atoms with Gasteiger partial charge in [-0.25, -0.2) is 4.79 Å². The van der Waals surface area contributed by atoms with E-state index in [1.807, 2.05) is 24.3 Å². The van der Waals surface area contributed by atoms with Gasteiger partial charge in [-0.1, -0.05) is 42.5 Å². The van der Waals surface area contributed by atoms with Crippen molar-refractivity contribution in [1.82, 2.24) is 0 Å². The number of benzene rings is 2. The number of aromatic carboxylic acids is 1. The topological polar surface area (TPSA) is 74.6 Å². The molecule has 0 aliphatic rings. The van der Waals surface area contributed by atoms with Crippen LogP contribution in [0.1, 0.15) is 28.8 Å². The van der Waals surface area contributed by atoms with Crippen LogP contribution in [-0.2, 0) is 11.2 Å². The first-order valence-electron chi connectivity index (χ1n) is 7.78. The van der Waals surface area contributed by atoms with E-state index in [1.54, 1.807) is 24.3 Å². The minimum absolute atomic E-state index is 0.252. The number of rotatable bonds is 8. The molecule has 0 saturated heterocycles. The third-order valence-corrected chi connectivity index (χ3v) is 4.28. The van der Waals surface area contributed by atoms with Gasteiger partial charge in [0.2, 0.25) is 0 Å². The van der Waals surface area contributed by atoms with Crippen molar-refractivity contribution in [3.63, 3.8) is 0 Å². The first-order chi connectivity index (χ1) is 11.5. The van der Waals surface area contributed by atoms with E-state index in [0.717, 1.165) is 17.5 Å². The van der Waals surface area contributed by atoms with Crippen molar-refractivity contribution >= 4 is 24.6 Å². The van der Waals surface area contributed by atoms with Crippen LogP contribution in [0.2, 0.25) is 0 Å². The summed E-state index contributed by atoms with van der Waals surface area (Å²) in [6.45, 7) is 0. The van der Waals surface area contributed by atoms with Crippen molar-refractivity contribution < 1.29 is 19.8 Å². The zero-order valence-corrected chi connectivity index (χ0v) is 14.1. The van der Waals surface area contributed by atoms with Gasteiger partial charge in [0.15, 0.2) is 0 Å². The SMILES string of the molecule is O=C(O)c1ccccc1-c1ccc(CC(CCCS)C(=O)O)cc1. The molecule has 0 bridgehead atoms. The summed E-state index contributed by atoms with van der Waals surface area (Å²) in [7, 11) is 0. The fraction of sp³-hybridized carbons (Fsp3) is 0.263. The number of aliphatic carboxylic acids is 1. The Balaban J connectivity index is 2.19. The van der Waals surface area contributed by atoms with Gasteiger partial charge < -0.3 is 10.2 Å². The van der Waals surface area contributed by atoms with Crippen LogP contribution in [0.25, 0.3) is 11.1 Å². The average molecular weight is 344 g/mol. The molecule has 4 nitrogen and oxygen atoms in total. The van der Waals surface area contributed by atoms with Crippen LogP contribution in [0.15, 0.2) is 48.5 Å². The van der Waals surface area contributed by atoms with E-state index in [1.165, 1.54) is 0 Å². The molecule has 2 rings (SSSR count). The Bertz CT molecular complexity index is 710. The van der Waals surface area contributed by atoms with Crippen LogP contribution < -0.4 is 0 Å². The van der Waals surface area contributed by atoms with E-state index in [9.17, 15) is 19.8 Å². The van der Waals surface area contributed by atoms with Gasteiger partial charge in [-0.2, -0.15) is 12.6 Å². The molecule has 2 aromatic rings. The fourth-order valence-electron chi connectivity index (χ4n) is 2.68. The highest BCUT2D eigenvalue weighted by molar-refractivity contribution is 7.80. The molecule has 0 amide bonds. The van der Waals surface area contributed by atoms with E-state index >= 15 is 0 Å². The minimum atomic E-state index is -0.965. The molecule has 24 heavy (non-hydrogen) atoms. The van der Waals surface area contributed by atoms with Gasteiger partial charge in [0.1, 0.15) is 0 Å². The van der Waals surface area contributed by atoms with Gasteiger partial charge in [0.05, 0.1) is 11.5 Å². The summed E-state index contributed by atoms with van der Waals surface area (Å²) in [5.74, 6) is -1.51. The molecule has 1 unspecified atom stereocenters. The van der Waals surface area contributed by atoms with Gasteiger partial charge in [0.25, 0.3) is 0 Å². The highest BCUT2D eigenvalue weighted by Gasteiger charge is 2.17. The Morgan fingerprint density at radius 3 is 2.25 bits per heavy atom. The number of hydrogen-bond donors (Lipinski definition) is 3. The second kappa shape index (κ2) is 8.55. The van der Waals surface area contributed by atoms with E-state index in [2.05, 4.69) is 12.6 Å². The number of carboxylic acids is 2. The lowest BCUT2D eigenvalue weighted by Crippen LogP contribution is -2.16. The van der Waals surface area contributed by atoms with E-state index < -0.39 is 17.9 Å². The van der Waals surface area contributed by atoms with Crippen LogP contribution in [0, 0.1) is 5.92 Å². The lowest BCUT2D eigenvalue weighted by molar-refractivity contribution is -0.141. The van der Waals surface area contributed by atoms with Gasteiger partial charge in [-0.15, -0.1) is 0 Å². The van der Waals surface area contributed by atoms with Gasteiger partial charge in [0, 0.05) is 0 Å². The highest BCUT2D eigenvalue weighted by Crippen LogP contribution is 2.25. The normalized spacial score (nSPS) is 11.9. The van der Waals surface area contributed by atoms with Gasteiger partial charge in [-0.3, -0.25) is 4.79 Å². The lowest BCUT2D eigenvalue weighted by atomic mass is 9.93. The number of carboxylic acid groups (broad SMARTS) is 2. The third-order valence-electron chi connectivity index (χ3n) is 3.96. The molecule has 0 fully saturated rings. The van der Waals surface area contributed by atoms with E-state index in [-0.39, 0.29) is 5.56 Å². The van der Waals surface area contributed by atoms with Crippen LogP contribution >= 0.6 is 12.6 Å². The Labute approximate surface area is 146 Å². The first kappa shape index (κ1) is 18.1. The van der Waals surface area contributed by atoms with Gasteiger partial charge in [-0.05, 0) is 47.8 Å². The summed E-state index contributed by atoms with van der Waals surface area (Å²) in [5, 5.41) is 18.6. The molecule has 1 atom stereocenters. The maximum atomic E-state index is 11.3. The molecule has 2 N–H and O–H groups in total. The van der Waals surface area contributed by atoms with Crippen LogP contribution in [0.5, 0.6) is 0 Å². The average Bonchev–Trinajstić information content (AvgIpc) is 2.59. The Morgan fingerprint density at radius 2 is 1.67 bits per heavy atom. The standard InChI is InChI=1S/C19H20O4S/c20-18(21)15(4-3-11-24)12-13-7-9-14(10-8-13)16-5-1-2-6-17(16)19(22)23/h1-2,5-10,15,24H,3-4,11-12H2,(H,20,21)(H,22,23). The summed E-state index contributed by atoms with van der Waals surface area (Å²) in [5.41, 5.74) is 2.64. The monoisotopic (exact) mass is 344 g/mol. The molecular formula is C19H20O4S. The predicted octanol–water partition coefficient (Wildman–Crippen LogP) is 4.01. The third kappa shape index (κ3) is 4.61. The maximum absolute atomic E-state index is 11.3. The summed E-state index contributed by atoms with van der Waals surface area (Å²) in [6.07, 6.45) is 1.83. The maximum Gasteiger partial charge on any atom is 0.336 e. The van der Waals surface area contributed by atoms with E-state index in [4.69, 9.17) is 0 Å². The lowest BCUT2D eigenvalue weighted by Gasteiger charge is -2.12. The molecule has 126 valence electrons. The molecule has 0 aliphatic carbocycles. The van der Waals surface area contributed by atoms with Crippen LogP contribution in [-0.4, -0.2) is 27.9 Å². The molecule has 0 aromatic heterocycles. The van der Waals surface area contributed by atoms with E-state index in [0.29, 0.717) is 24.2 Å². The molecule has 5 heteroatoms. The second-order valence-corrected chi connectivity index (χ2v) is 6.10. The Kier molecular flexibility index (Phi) is 6.44. The van der Waals surface area contributed by atoms with Crippen LogP contribution in [0.3, 0.4) is 0 Å². The Morgan fingerprint density at radius 1 is 1.00 bits per heavy atom. The van der Waals surface area contributed by atoms with Crippen molar-refractivity contribution in [3.8, 4) is 11.1 Å². The summed E-state index contributed by atoms with van der Waals surface area (Å²) in [4.78, 5) is 22.6. The summed E-state index contributed by atoms with van der Waals surface area (Å²) in [6, 6.07) is 14.3. The van der Waals surface area contributed by atoms with Crippen molar-refractivity contribution in [2.24, 2.45) is 5.92 Å². The second-order valence-electron chi connectivity index (χ2n) is 5.65. The van der Waals surface area contributed by atoms with Crippen molar-refractivity contribution in [3.05, 3.63) is 59.7 Å². The van der Waals surface area contributed by atoms with Crippen molar-refractivity contribution in [1.29, 1.82) is 0 Å². The summed E-state index contributed by atoms with van der Waals surface area (Å²) < 4.78 is 0. The molecule has 2 aromatic carbocycles. The zero-order chi connectivity index (χ0) is 17.5. The molecule has 0 saturated carbocycles. The number of thiol groups is 1. The molecule has 0 aliphatic heterocycles. The molecule has 0 spiro atoms. The summed E-state index contributed by atoms with van der Waals surface area (Å²) >= 11 is 4.13. The van der Waals surface area contributed by atoms with Gasteiger partial charge >= 0.3 is 11.9 Å². The van der Waals surface area contributed by atoms with Crippen LogP contribution in [0.4, 0.5) is 0 Å². The van der Waals surface area contributed by atoms with Crippen molar-refractivity contribution in [2.45, 2.75) is 19.3 Å². The zero-order valence-electron chi connectivity index (χ0n) is 13.2.